The molecule has 0 amide bonds. The van der Waals surface area contributed by atoms with Gasteiger partial charge < -0.3 is 9.73 Å². The lowest BCUT2D eigenvalue weighted by Crippen LogP contribution is -2.28. The zero-order chi connectivity index (χ0) is 17.2. The quantitative estimate of drug-likeness (QED) is 0.789. The Morgan fingerprint density at radius 3 is 2.71 bits per heavy atom. The first kappa shape index (κ1) is 16.0. The van der Waals surface area contributed by atoms with Crippen LogP contribution >= 0.6 is 0 Å². The monoisotopic (exact) mass is 324 g/mol. The number of pyridine rings is 1. The summed E-state index contributed by atoms with van der Waals surface area (Å²) in [6.07, 6.45) is 4.99. The summed E-state index contributed by atoms with van der Waals surface area (Å²) < 4.78 is 6.49. The third-order valence-electron chi connectivity index (χ3n) is 3.52. The zero-order valence-corrected chi connectivity index (χ0v) is 14.0. The van der Waals surface area contributed by atoms with Gasteiger partial charge in [0.15, 0.2) is 0 Å². The Labute approximate surface area is 140 Å². The van der Waals surface area contributed by atoms with Crippen LogP contribution < -0.4 is 5.32 Å². The number of hydrogen-bond donors (Lipinski definition) is 1. The highest BCUT2D eigenvalue weighted by atomic mass is 16.3. The van der Waals surface area contributed by atoms with Crippen molar-refractivity contribution in [3.8, 4) is 11.4 Å². The number of nitrogens with one attached hydrogen (secondary N) is 1. The topological polar surface area (TPSA) is 73.0 Å². The van der Waals surface area contributed by atoms with E-state index in [-0.39, 0.29) is 5.91 Å². The number of nitrogens with zero attached hydrogens (tertiary/aromatic N) is 3. The molecular formula is C18H20N4O2. The van der Waals surface area contributed by atoms with E-state index in [1.807, 2.05) is 51.1 Å². The third-order valence-corrected chi connectivity index (χ3v) is 3.52. The summed E-state index contributed by atoms with van der Waals surface area (Å²) in [5.74, 6) is 0.552. The lowest BCUT2D eigenvalue weighted by molar-refractivity contribution is 0.0752. The molecule has 0 fully saturated rings. The molecule has 1 N–H and O–H groups in total. The fraction of sp³-hybridized carbons (Fsp3) is 0.278. The van der Waals surface area contributed by atoms with Crippen LogP contribution in [0.15, 0.2) is 53.5 Å². The maximum atomic E-state index is 12.7. The van der Waals surface area contributed by atoms with Crippen molar-refractivity contribution in [1.82, 2.24) is 14.8 Å². The normalized spacial score (nSPS) is 11.5. The van der Waals surface area contributed by atoms with E-state index in [9.17, 15) is 4.79 Å². The number of furan rings is 1. The first-order valence-corrected chi connectivity index (χ1v) is 7.76. The van der Waals surface area contributed by atoms with E-state index in [0.717, 1.165) is 11.3 Å². The molecule has 0 aliphatic rings. The fourth-order valence-electron chi connectivity index (χ4n) is 2.20. The number of anilines is 1. The van der Waals surface area contributed by atoms with Crippen LogP contribution in [-0.4, -0.2) is 20.7 Å². The molecule has 3 rings (SSSR count). The molecule has 0 aliphatic carbocycles. The second kappa shape index (κ2) is 6.31. The SMILES string of the molecule is CC(C)(C)C(=O)n1nc(-c2ccccn2)cc1NCc1ccoc1. The van der Waals surface area contributed by atoms with Crippen LogP contribution in [0.5, 0.6) is 0 Å². The van der Waals surface area contributed by atoms with Gasteiger partial charge in [-0.15, -0.1) is 0 Å². The molecule has 3 aromatic rings. The molecule has 24 heavy (non-hydrogen) atoms. The van der Waals surface area contributed by atoms with Crippen molar-refractivity contribution in [3.05, 3.63) is 54.6 Å². The Morgan fingerprint density at radius 2 is 2.08 bits per heavy atom. The molecule has 124 valence electrons. The van der Waals surface area contributed by atoms with E-state index in [0.29, 0.717) is 18.1 Å². The molecule has 0 saturated heterocycles. The van der Waals surface area contributed by atoms with Gasteiger partial charge in [-0.1, -0.05) is 26.8 Å². The van der Waals surface area contributed by atoms with Gasteiger partial charge in [-0.05, 0) is 18.2 Å². The number of carbonyl (C=O) groups is 1. The molecule has 0 unspecified atom stereocenters. The molecule has 3 heterocycles. The number of hydrogen-bond acceptors (Lipinski definition) is 5. The number of rotatable bonds is 4. The molecule has 0 aromatic carbocycles. The highest BCUT2D eigenvalue weighted by Crippen LogP contribution is 2.25. The molecule has 0 radical (unpaired) electrons. The van der Waals surface area contributed by atoms with Crippen LogP contribution in [0, 0.1) is 5.41 Å². The maximum Gasteiger partial charge on any atom is 0.254 e. The Kier molecular flexibility index (Phi) is 4.20. The van der Waals surface area contributed by atoms with E-state index >= 15 is 0 Å². The molecule has 0 bridgehead atoms. The molecule has 0 saturated carbocycles. The molecule has 0 spiro atoms. The minimum atomic E-state index is -0.542. The van der Waals surface area contributed by atoms with Crippen LogP contribution in [0.1, 0.15) is 31.1 Å². The molecule has 6 nitrogen and oxygen atoms in total. The first-order chi connectivity index (χ1) is 11.4. The minimum Gasteiger partial charge on any atom is -0.472 e. The summed E-state index contributed by atoms with van der Waals surface area (Å²) in [4.78, 5) is 17.0. The molecule has 0 aliphatic heterocycles. The van der Waals surface area contributed by atoms with Crippen molar-refractivity contribution in [3.63, 3.8) is 0 Å². The Morgan fingerprint density at radius 1 is 1.25 bits per heavy atom. The standard InChI is InChI=1S/C18H20N4O2/c1-18(2,3)17(23)22-16(20-11-13-7-9-24-12-13)10-15(21-22)14-6-4-5-8-19-14/h4-10,12,20H,11H2,1-3H3. The zero-order valence-electron chi connectivity index (χ0n) is 14.0. The van der Waals surface area contributed by atoms with E-state index in [2.05, 4.69) is 15.4 Å². The number of carbonyl (C=O) groups excluding carboxylic acids is 1. The maximum absolute atomic E-state index is 12.7. The van der Waals surface area contributed by atoms with E-state index in [1.165, 1.54) is 4.68 Å². The third kappa shape index (κ3) is 3.37. The van der Waals surface area contributed by atoms with Crippen LogP contribution in [-0.2, 0) is 6.54 Å². The highest BCUT2D eigenvalue weighted by molar-refractivity contribution is 5.87. The average Bonchev–Trinajstić information content (AvgIpc) is 3.21. The Hall–Kier alpha value is -2.89. The van der Waals surface area contributed by atoms with Crippen molar-refractivity contribution in [2.45, 2.75) is 27.3 Å². The predicted octanol–water partition coefficient (Wildman–Crippen LogP) is 3.84. The fourth-order valence-corrected chi connectivity index (χ4v) is 2.20. The van der Waals surface area contributed by atoms with Gasteiger partial charge in [-0.2, -0.15) is 9.78 Å². The lowest BCUT2D eigenvalue weighted by atomic mass is 9.96. The van der Waals surface area contributed by atoms with Gasteiger partial charge in [-0.3, -0.25) is 9.78 Å². The van der Waals surface area contributed by atoms with Gasteiger partial charge in [0.2, 0.25) is 0 Å². The van der Waals surface area contributed by atoms with Crippen molar-refractivity contribution in [2.24, 2.45) is 5.41 Å². The Balaban J connectivity index is 1.95. The van der Waals surface area contributed by atoms with Crippen LogP contribution in [0.3, 0.4) is 0 Å². The summed E-state index contributed by atoms with van der Waals surface area (Å²) in [5.41, 5.74) is 1.83. The summed E-state index contributed by atoms with van der Waals surface area (Å²) in [5, 5.41) is 7.72. The Bertz CT molecular complexity index is 815. The van der Waals surface area contributed by atoms with Crippen molar-refractivity contribution in [1.29, 1.82) is 0 Å². The minimum absolute atomic E-state index is 0.0839. The molecule has 0 atom stereocenters. The van der Waals surface area contributed by atoms with Gasteiger partial charge in [0.1, 0.15) is 11.5 Å². The van der Waals surface area contributed by atoms with Crippen LogP contribution in [0.2, 0.25) is 0 Å². The highest BCUT2D eigenvalue weighted by Gasteiger charge is 2.27. The van der Waals surface area contributed by atoms with E-state index in [1.54, 1.807) is 18.7 Å². The number of aromatic nitrogens is 3. The van der Waals surface area contributed by atoms with Crippen molar-refractivity contribution in [2.75, 3.05) is 5.32 Å². The van der Waals surface area contributed by atoms with Crippen LogP contribution in [0.25, 0.3) is 11.4 Å². The summed E-state index contributed by atoms with van der Waals surface area (Å²) in [6.45, 7) is 6.16. The van der Waals surface area contributed by atoms with Crippen molar-refractivity contribution < 1.29 is 9.21 Å². The van der Waals surface area contributed by atoms with Gasteiger partial charge >= 0.3 is 0 Å². The van der Waals surface area contributed by atoms with Gasteiger partial charge in [0, 0.05) is 29.8 Å². The predicted molar refractivity (Wildman–Crippen MR) is 91.6 cm³/mol. The molecule has 3 aromatic heterocycles. The van der Waals surface area contributed by atoms with E-state index < -0.39 is 5.41 Å². The summed E-state index contributed by atoms with van der Waals surface area (Å²) in [6, 6.07) is 9.32. The summed E-state index contributed by atoms with van der Waals surface area (Å²) >= 11 is 0. The van der Waals surface area contributed by atoms with E-state index in [4.69, 9.17) is 4.42 Å². The molecule has 6 heteroatoms. The second-order valence-corrected chi connectivity index (χ2v) is 6.58. The van der Waals surface area contributed by atoms with Crippen LogP contribution in [0.4, 0.5) is 5.82 Å². The smallest absolute Gasteiger partial charge is 0.254 e. The summed E-state index contributed by atoms with van der Waals surface area (Å²) in [7, 11) is 0. The van der Waals surface area contributed by atoms with Gasteiger partial charge in [-0.25, -0.2) is 0 Å². The van der Waals surface area contributed by atoms with Crippen molar-refractivity contribution >= 4 is 11.7 Å². The largest absolute Gasteiger partial charge is 0.472 e. The van der Waals surface area contributed by atoms with Gasteiger partial charge in [0.25, 0.3) is 5.91 Å². The lowest BCUT2D eigenvalue weighted by Gasteiger charge is -2.18. The molecular weight excluding hydrogens is 304 g/mol. The average molecular weight is 324 g/mol. The first-order valence-electron chi connectivity index (χ1n) is 7.76. The second-order valence-electron chi connectivity index (χ2n) is 6.58. The van der Waals surface area contributed by atoms with Gasteiger partial charge in [0.05, 0.1) is 18.2 Å².